The Labute approximate surface area is 310 Å². The summed E-state index contributed by atoms with van der Waals surface area (Å²) in [7, 11) is 1.67. The molecule has 50 heavy (non-hydrogen) atoms. The number of hydrogen-bond acceptors (Lipinski definition) is 6. The average molecular weight is 733 g/mol. The summed E-state index contributed by atoms with van der Waals surface area (Å²) in [5, 5.41) is 0. The molecule has 0 rings (SSSR count). The van der Waals surface area contributed by atoms with Crippen LogP contribution < -0.4 is 0 Å². The van der Waals surface area contributed by atoms with Gasteiger partial charge in [0.15, 0.2) is 0 Å². The SMILES string of the molecule is CCCCCCCCC/C=C\CCCCCCCCCC(=O)OC(COCCCCCCCCCCCC)COP(=O)(O)OCC[N+](C)(C)C. The zero-order chi connectivity index (χ0) is 37.0. The highest BCUT2D eigenvalue weighted by molar-refractivity contribution is 7.47. The summed E-state index contributed by atoms with van der Waals surface area (Å²) in [6.45, 7) is 5.63. The maximum Gasteiger partial charge on any atom is 0.472 e. The van der Waals surface area contributed by atoms with Crippen molar-refractivity contribution in [2.75, 3.05) is 54.1 Å². The van der Waals surface area contributed by atoms with E-state index in [1.165, 1.54) is 135 Å². The van der Waals surface area contributed by atoms with E-state index in [2.05, 4.69) is 26.0 Å². The first-order chi connectivity index (χ1) is 24.1. The van der Waals surface area contributed by atoms with Crippen LogP contribution in [0.5, 0.6) is 0 Å². The molecule has 0 amide bonds. The van der Waals surface area contributed by atoms with Gasteiger partial charge in [0, 0.05) is 13.0 Å². The molecule has 0 spiro atoms. The van der Waals surface area contributed by atoms with E-state index in [1.807, 2.05) is 21.1 Å². The molecule has 0 aliphatic heterocycles. The Kier molecular flexibility index (Phi) is 34.7. The van der Waals surface area contributed by atoms with Crippen LogP contribution in [0.15, 0.2) is 12.2 Å². The number of carbonyl (C=O) groups excluding carboxylic acids is 1. The molecule has 0 bridgehead atoms. The van der Waals surface area contributed by atoms with Crippen LogP contribution in [-0.2, 0) is 27.9 Å². The second-order valence-corrected chi connectivity index (χ2v) is 16.8. The standard InChI is InChI=1S/C41H82NO7P/c1-6-8-10-12-14-16-18-19-20-21-22-23-24-25-26-28-30-32-34-41(43)49-40(39-48-50(44,45)47-37-35-42(3,4)5)38-46-36-33-31-29-27-17-15-13-11-9-7-2/h20-21,40H,6-19,22-39H2,1-5H3/p+1/b21-20-. The van der Waals surface area contributed by atoms with Crippen molar-refractivity contribution in [2.45, 2.75) is 193 Å². The molecule has 0 aromatic heterocycles. The van der Waals surface area contributed by atoms with Crippen LogP contribution in [0.25, 0.3) is 0 Å². The van der Waals surface area contributed by atoms with Gasteiger partial charge in [0.05, 0.1) is 34.4 Å². The Balaban J connectivity index is 4.20. The van der Waals surface area contributed by atoms with E-state index in [0.717, 1.165) is 32.1 Å². The summed E-state index contributed by atoms with van der Waals surface area (Å²) < 4.78 is 34.9. The van der Waals surface area contributed by atoms with E-state index >= 15 is 0 Å². The number of likely N-dealkylation sites (N-methyl/N-ethyl adjacent to an activating group) is 1. The lowest BCUT2D eigenvalue weighted by atomic mass is 10.1. The van der Waals surface area contributed by atoms with Crippen molar-refractivity contribution in [3.63, 3.8) is 0 Å². The van der Waals surface area contributed by atoms with E-state index in [-0.39, 0.29) is 25.8 Å². The molecule has 0 saturated carbocycles. The second kappa shape index (κ2) is 35.3. The minimum atomic E-state index is -4.26. The van der Waals surface area contributed by atoms with E-state index in [9.17, 15) is 14.3 Å². The highest BCUT2D eigenvalue weighted by atomic mass is 31.2. The van der Waals surface area contributed by atoms with Gasteiger partial charge in [-0.2, -0.15) is 0 Å². The summed E-state index contributed by atoms with van der Waals surface area (Å²) in [6, 6.07) is 0. The van der Waals surface area contributed by atoms with Crippen LogP contribution in [0.3, 0.4) is 0 Å². The van der Waals surface area contributed by atoms with Crippen molar-refractivity contribution in [3.05, 3.63) is 12.2 Å². The normalized spacial score (nSPS) is 14.0. The van der Waals surface area contributed by atoms with Crippen LogP contribution in [-0.4, -0.2) is 75.6 Å². The molecule has 298 valence electrons. The molecule has 0 fully saturated rings. The fourth-order valence-corrected chi connectivity index (χ4v) is 6.52. The van der Waals surface area contributed by atoms with Gasteiger partial charge < -0.3 is 18.9 Å². The van der Waals surface area contributed by atoms with Gasteiger partial charge in [-0.1, -0.05) is 154 Å². The van der Waals surface area contributed by atoms with Crippen LogP contribution in [0.1, 0.15) is 187 Å². The highest BCUT2D eigenvalue weighted by Gasteiger charge is 2.26. The Morgan fingerprint density at radius 2 is 1.04 bits per heavy atom. The smallest absolute Gasteiger partial charge is 0.457 e. The molecule has 2 unspecified atom stereocenters. The summed E-state index contributed by atoms with van der Waals surface area (Å²) in [5.74, 6) is -0.317. The lowest BCUT2D eigenvalue weighted by molar-refractivity contribution is -0.870. The van der Waals surface area contributed by atoms with Gasteiger partial charge in [0.2, 0.25) is 0 Å². The van der Waals surface area contributed by atoms with E-state index in [4.69, 9.17) is 18.5 Å². The molecule has 0 saturated heterocycles. The zero-order valence-electron chi connectivity index (χ0n) is 33.7. The molecule has 8 nitrogen and oxygen atoms in total. The number of phosphoric ester groups is 1. The fourth-order valence-electron chi connectivity index (χ4n) is 5.78. The average Bonchev–Trinajstić information content (AvgIpc) is 3.06. The van der Waals surface area contributed by atoms with Crippen molar-refractivity contribution in [1.29, 1.82) is 0 Å². The van der Waals surface area contributed by atoms with E-state index in [0.29, 0.717) is 24.1 Å². The monoisotopic (exact) mass is 733 g/mol. The van der Waals surface area contributed by atoms with Gasteiger partial charge in [-0.15, -0.1) is 0 Å². The Morgan fingerprint density at radius 1 is 0.600 bits per heavy atom. The van der Waals surface area contributed by atoms with Gasteiger partial charge in [-0.25, -0.2) is 4.57 Å². The topological polar surface area (TPSA) is 91.3 Å². The maximum absolute atomic E-state index is 12.6. The number of allylic oxidation sites excluding steroid dienone is 2. The molecule has 0 aromatic carbocycles. The first-order valence-electron chi connectivity index (χ1n) is 20.9. The second-order valence-electron chi connectivity index (χ2n) is 15.4. The summed E-state index contributed by atoms with van der Waals surface area (Å²) >= 11 is 0. The third kappa shape index (κ3) is 38.5. The third-order valence-corrected chi connectivity index (χ3v) is 10.1. The number of rotatable bonds is 39. The van der Waals surface area contributed by atoms with Gasteiger partial charge in [0.1, 0.15) is 19.3 Å². The Hall–Kier alpha value is -0.760. The lowest BCUT2D eigenvalue weighted by Gasteiger charge is -2.24. The van der Waals surface area contributed by atoms with E-state index in [1.54, 1.807) is 0 Å². The minimum Gasteiger partial charge on any atom is -0.457 e. The molecule has 1 N–H and O–H groups in total. The number of quaternary nitrogens is 1. The van der Waals surface area contributed by atoms with Crippen LogP contribution in [0.4, 0.5) is 0 Å². The van der Waals surface area contributed by atoms with Crippen molar-refractivity contribution in [3.8, 4) is 0 Å². The Morgan fingerprint density at radius 3 is 1.52 bits per heavy atom. The van der Waals surface area contributed by atoms with Crippen LogP contribution in [0, 0.1) is 0 Å². The van der Waals surface area contributed by atoms with Gasteiger partial charge in [-0.3, -0.25) is 13.8 Å². The minimum absolute atomic E-state index is 0.0907. The summed E-state index contributed by atoms with van der Waals surface area (Å²) in [5.41, 5.74) is 0. The number of hydrogen-bond donors (Lipinski definition) is 1. The molecule has 0 heterocycles. The first kappa shape index (κ1) is 49.2. The predicted molar refractivity (Wildman–Crippen MR) is 210 cm³/mol. The molecule has 9 heteroatoms. The van der Waals surface area contributed by atoms with Crippen molar-refractivity contribution in [1.82, 2.24) is 0 Å². The number of ether oxygens (including phenoxy) is 2. The van der Waals surface area contributed by atoms with Crippen LogP contribution >= 0.6 is 7.82 Å². The van der Waals surface area contributed by atoms with Crippen LogP contribution in [0.2, 0.25) is 0 Å². The molecule has 0 aliphatic carbocycles. The van der Waals surface area contributed by atoms with E-state index < -0.39 is 13.9 Å². The molecule has 0 aliphatic rings. The number of esters is 1. The van der Waals surface area contributed by atoms with Gasteiger partial charge in [0.25, 0.3) is 0 Å². The predicted octanol–water partition coefficient (Wildman–Crippen LogP) is 11.9. The number of nitrogens with zero attached hydrogens (tertiary/aromatic N) is 1. The molecule has 2 atom stereocenters. The molecular weight excluding hydrogens is 649 g/mol. The highest BCUT2D eigenvalue weighted by Crippen LogP contribution is 2.43. The number of carbonyl (C=O) groups is 1. The molecule has 0 aromatic rings. The van der Waals surface area contributed by atoms with Gasteiger partial charge in [-0.05, 0) is 38.5 Å². The Bertz CT molecular complexity index is 817. The number of unbranched alkanes of at least 4 members (excludes halogenated alkanes) is 23. The molecular formula is C41H83NO7P+. The maximum atomic E-state index is 12.6. The summed E-state index contributed by atoms with van der Waals surface area (Å²) in [4.78, 5) is 22.8. The molecule has 0 radical (unpaired) electrons. The first-order valence-corrected chi connectivity index (χ1v) is 22.4. The van der Waals surface area contributed by atoms with Gasteiger partial charge >= 0.3 is 13.8 Å². The zero-order valence-corrected chi connectivity index (χ0v) is 34.5. The van der Waals surface area contributed by atoms with Crippen molar-refractivity contribution in [2.24, 2.45) is 0 Å². The number of phosphoric acid groups is 1. The van der Waals surface area contributed by atoms with Crippen molar-refractivity contribution < 1.29 is 37.3 Å². The third-order valence-electron chi connectivity index (χ3n) is 9.08. The summed E-state index contributed by atoms with van der Waals surface area (Å²) in [6.07, 6.45) is 36.6. The fraction of sp³-hybridized carbons (Fsp3) is 0.927. The quantitative estimate of drug-likeness (QED) is 0.0221. The lowest BCUT2D eigenvalue weighted by Crippen LogP contribution is -2.37. The van der Waals surface area contributed by atoms with Crippen molar-refractivity contribution >= 4 is 13.8 Å². The largest absolute Gasteiger partial charge is 0.472 e.